The van der Waals surface area contributed by atoms with E-state index in [9.17, 15) is 14.7 Å². The van der Waals surface area contributed by atoms with Gasteiger partial charge < -0.3 is 29.0 Å². The number of likely N-dealkylation sites (tertiary alicyclic amines) is 1. The van der Waals surface area contributed by atoms with Gasteiger partial charge in [0, 0.05) is 32.5 Å². The van der Waals surface area contributed by atoms with Crippen molar-refractivity contribution in [1.82, 2.24) is 4.90 Å². The molecule has 2 saturated heterocycles. The van der Waals surface area contributed by atoms with Crippen LogP contribution in [-0.4, -0.2) is 78.4 Å². The van der Waals surface area contributed by atoms with E-state index in [1.165, 1.54) is 0 Å². The summed E-state index contributed by atoms with van der Waals surface area (Å²) in [5, 5.41) is 9.40. The van der Waals surface area contributed by atoms with Crippen molar-refractivity contribution in [2.75, 3.05) is 20.2 Å². The van der Waals surface area contributed by atoms with E-state index < -0.39 is 18.2 Å². The second kappa shape index (κ2) is 15.2. The number of hydrogen-bond acceptors (Lipinski definition) is 6. The molecule has 0 spiro atoms. The molecule has 0 aromatic carbocycles. The second-order valence-corrected chi connectivity index (χ2v) is 12.4. The third-order valence-corrected chi connectivity index (χ3v) is 8.03. The minimum Gasteiger partial charge on any atom is -0.481 e. The summed E-state index contributed by atoms with van der Waals surface area (Å²) < 4.78 is 24.0. The van der Waals surface area contributed by atoms with Gasteiger partial charge in [-0.2, -0.15) is 0 Å². The summed E-state index contributed by atoms with van der Waals surface area (Å²) in [6.45, 7) is 18.1. The maximum Gasteiger partial charge on any atom is 0.410 e. The van der Waals surface area contributed by atoms with Crippen molar-refractivity contribution >= 4 is 12.1 Å². The minimum atomic E-state index is -0.919. The monoisotopic (exact) mass is 551 g/mol. The third kappa shape index (κ3) is 10.5. The zero-order valence-corrected chi connectivity index (χ0v) is 25.6. The van der Waals surface area contributed by atoms with Crippen molar-refractivity contribution in [2.24, 2.45) is 17.8 Å². The van der Waals surface area contributed by atoms with Crippen LogP contribution in [0.4, 0.5) is 4.79 Å². The van der Waals surface area contributed by atoms with Gasteiger partial charge in [-0.1, -0.05) is 45.9 Å². The lowest BCUT2D eigenvalue weighted by Gasteiger charge is -2.40. The Morgan fingerprint density at radius 3 is 2.49 bits per heavy atom. The van der Waals surface area contributed by atoms with Crippen molar-refractivity contribution in [3.05, 3.63) is 23.8 Å². The summed E-state index contributed by atoms with van der Waals surface area (Å²) in [6.07, 6.45) is 7.74. The molecule has 8 heteroatoms. The maximum absolute atomic E-state index is 12.8. The SMILES string of the molecule is CC[C@H](OC)[C@@H](C)OC(C)(C)C[C@H](C)/C=C/C=C(\C)[C@H]1O[C@@H](CC(=O)O)C[C@@H](OC(=O)N2CCC(C)C2)[C@@H]1C. The van der Waals surface area contributed by atoms with Crippen LogP contribution in [0.25, 0.3) is 0 Å². The molecule has 0 aromatic rings. The highest BCUT2D eigenvalue weighted by atomic mass is 16.6. The van der Waals surface area contributed by atoms with E-state index in [0.717, 1.165) is 24.8 Å². The Bertz CT molecular complexity index is 850. The van der Waals surface area contributed by atoms with Crippen LogP contribution in [0, 0.1) is 17.8 Å². The van der Waals surface area contributed by atoms with Crippen LogP contribution in [0.15, 0.2) is 23.8 Å². The van der Waals surface area contributed by atoms with E-state index in [0.29, 0.717) is 25.4 Å². The van der Waals surface area contributed by atoms with Gasteiger partial charge in [-0.15, -0.1) is 0 Å². The molecule has 1 N–H and O–H groups in total. The van der Waals surface area contributed by atoms with Gasteiger partial charge in [0.25, 0.3) is 0 Å². The Kier molecular flexibility index (Phi) is 13.0. The predicted molar refractivity (Wildman–Crippen MR) is 153 cm³/mol. The molecule has 8 atom stereocenters. The van der Waals surface area contributed by atoms with E-state index in [1.54, 1.807) is 12.0 Å². The first-order valence-electron chi connectivity index (χ1n) is 14.6. The number of carboxylic acids is 1. The molecule has 39 heavy (non-hydrogen) atoms. The zero-order chi connectivity index (χ0) is 29.3. The Morgan fingerprint density at radius 2 is 1.92 bits per heavy atom. The molecule has 224 valence electrons. The highest BCUT2D eigenvalue weighted by Gasteiger charge is 2.40. The summed E-state index contributed by atoms with van der Waals surface area (Å²) in [4.78, 5) is 26.0. The number of carbonyl (C=O) groups excluding carboxylic acids is 1. The second-order valence-electron chi connectivity index (χ2n) is 12.4. The van der Waals surface area contributed by atoms with Gasteiger partial charge >= 0.3 is 12.1 Å². The van der Waals surface area contributed by atoms with Crippen molar-refractivity contribution in [1.29, 1.82) is 0 Å². The van der Waals surface area contributed by atoms with E-state index >= 15 is 0 Å². The van der Waals surface area contributed by atoms with Crippen molar-refractivity contribution in [3.8, 4) is 0 Å². The summed E-state index contributed by atoms with van der Waals surface area (Å²) in [7, 11) is 1.72. The summed E-state index contributed by atoms with van der Waals surface area (Å²) in [5.74, 6) is -0.269. The number of methoxy groups -OCH3 is 1. The number of amides is 1. The molecule has 0 aliphatic carbocycles. The highest BCUT2D eigenvalue weighted by Crippen LogP contribution is 2.34. The fourth-order valence-electron chi connectivity index (χ4n) is 6.02. The first kappa shape index (κ1) is 33.3. The van der Waals surface area contributed by atoms with E-state index in [2.05, 4.69) is 47.6 Å². The first-order chi connectivity index (χ1) is 18.3. The maximum atomic E-state index is 12.8. The summed E-state index contributed by atoms with van der Waals surface area (Å²) >= 11 is 0. The van der Waals surface area contributed by atoms with Crippen LogP contribution in [0.5, 0.6) is 0 Å². The lowest BCUT2D eigenvalue weighted by molar-refractivity contribution is -0.151. The molecule has 2 aliphatic rings. The number of nitrogens with zero attached hydrogens (tertiary/aromatic N) is 1. The van der Waals surface area contributed by atoms with Crippen LogP contribution in [0.3, 0.4) is 0 Å². The Morgan fingerprint density at radius 1 is 1.23 bits per heavy atom. The van der Waals surface area contributed by atoms with Gasteiger partial charge in [0.2, 0.25) is 0 Å². The molecule has 0 aromatic heterocycles. The molecule has 0 saturated carbocycles. The molecular formula is C31H53NO7. The number of allylic oxidation sites excluding steroid dienone is 3. The largest absolute Gasteiger partial charge is 0.481 e. The van der Waals surface area contributed by atoms with Crippen LogP contribution in [0.1, 0.15) is 87.5 Å². The summed E-state index contributed by atoms with van der Waals surface area (Å²) in [6, 6.07) is 0. The normalized spacial score (nSPS) is 28.9. The fraction of sp³-hybridized carbons (Fsp3) is 0.806. The van der Waals surface area contributed by atoms with Crippen LogP contribution in [-0.2, 0) is 23.7 Å². The molecule has 8 nitrogen and oxygen atoms in total. The number of carboxylic acid groups (broad SMARTS) is 1. The minimum absolute atomic E-state index is 0.00733. The average molecular weight is 552 g/mol. The predicted octanol–water partition coefficient (Wildman–Crippen LogP) is 6.24. The van der Waals surface area contributed by atoms with Crippen molar-refractivity contribution in [3.63, 3.8) is 0 Å². The van der Waals surface area contributed by atoms with Gasteiger partial charge in [0.15, 0.2) is 0 Å². The fourth-order valence-corrected chi connectivity index (χ4v) is 6.02. The van der Waals surface area contributed by atoms with Crippen LogP contribution in [0.2, 0.25) is 0 Å². The first-order valence-corrected chi connectivity index (χ1v) is 14.6. The van der Waals surface area contributed by atoms with Crippen molar-refractivity contribution < 1.29 is 33.6 Å². The van der Waals surface area contributed by atoms with Gasteiger partial charge in [-0.3, -0.25) is 4.79 Å². The molecule has 2 aliphatic heterocycles. The third-order valence-electron chi connectivity index (χ3n) is 8.03. The molecule has 2 rings (SSSR count). The standard InChI is InChI=1S/C31H53NO7/c1-10-26(36-9)24(6)39-31(7,8)18-20(2)12-11-13-22(4)29-23(5)27(16-25(37-29)17-28(33)34)38-30(35)32-15-14-21(3)19-32/h11-13,20-21,23-27,29H,10,14-19H2,1-9H3,(H,33,34)/b12-11+,22-13+/t20-,21?,23+,24-,25-,26+,27-,29-/m1/s1. The van der Waals surface area contributed by atoms with Crippen LogP contribution >= 0.6 is 0 Å². The molecular weight excluding hydrogens is 498 g/mol. The summed E-state index contributed by atoms with van der Waals surface area (Å²) in [5.41, 5.74) is 0.676. The number of carbonyl (C=O) groups is 2. The lowest BCUT2D eigenvalue weighted by atomic mass is 9.85. The molecule has 0 radical (unpaired) electrons. The average Bonchev–Trinajstić information content (AvgIpc) is 3.27. The van der Waals surface area contributed by atoms with Crippen LogP contribution < -0.4 is 0 Å². The Balaban J connectivity index is 2.04. The number of ether oxygens (including phenoxy) is 4. The van der Waals surface area contributed by atoms with Crippen molar-refractivity contribution in [2.45, 2.75) is 124 Å². The highest BCUT2D eigenvalue weighted by molar-refractivity contribution is 5.68. The molecule has 2 heterocycles. The number of aliphatic carboxylic acids is 1. The molecule has 1 amide bonds. The molecule has 0 bridgehead atoms. The molecule has 2 fully saturated rings. The van der Waals surface area contributed by atoms with Gasteiger partial charge in [0.1, 0.15) is 6.10 Å². The van der Waals surface area contributed by atoms with E-state index in [1.807, 2.05) is 26.0 Å². The Hall–Kier alpha value is -1.90. The number of rotatable bonds is 13. The molecule has 1 unspecified atom stereocenters. The quantitative estimate of drug-likeness (QED) is 0.271. The van der Waals surface area contributed by atoms with E-state index in [4.69, 9.17) is 18.9 Å². The van der Waals surface area contributed by atoms with Gasteiger partial charge in [-0.25, -0.2) is 4.79 Å². The zero-order valence-electron chi connectivity index (χ0n) is 25.6. The topological polar surface area (TPSA) is 94.5 Å². The van der Waals surface area contributed by atoms with Gasteiger partial charge in [-0.05, 0) is 64.4 Å². The Labute approximate surface area is 236 Å². The lowest BCUT2D eigenvalue weighted by Crippen LogP contribution is -2.47. The van der Waals surface area contributed by atoms with E-state index in [-0.39, 0.29) is 48.3 Å². The smallest absolute Gasteiger partial charge is 0.410 e. The van der Waals surface area contributed by atoms with Gasteiger partial charge in [0.05, 0.1) is 36.4 Å². The number of hydrogen-bond donors (Lipinski definition) is 1.